The first-order chi connectivity index (χ1) is 13.2. The van der Waals surface area contributed by atoms with Crippen molar-refractivity contribution in [1.82, 2.24) is 15.0 Å². The van der Waals surface area contributed by atoms with E-state index in [0.717, 1.165) is 42.2 Å². The monoisotopic (exact) mass is 383 g/mol. The molecule has 0 saturated heterocycles. The molecule has 0 saturated carbocycles. The van der Waals surface area contributed by atoms with Crippen molar-refractivity contribution in [1.29, 1.82) is 0 Å². The molecule has 0 aliphatic carbocycles. The van der Waals surface area contributed by atoms with Crippen molar-refractivity contribution < 1.29 is 9.53 Å². The SMILES string of the molecule is COc1cnc(CN2CCCc3nc(NC(=O)CC(C)(C)C)c(C)cc32)nc1. The molecule has 3 heterocycles. The number of ether oxygens (including phenoxy) is 1. The lowest BCUT2D eigenvalue weighted by molar-refractivity contribution is -0.117. The van der Waals surface area contributed by atoms with Crippen LogP contribution in [0.25, 0.3) is 0 Å². The van der Waals surface area contributed by atoms with Crippen LogP contribution in [0.2, 0.25) is 0 Å². The van der Waals surface area contributed by atoms with Gasteiger partial charge in [-0.05, 0) is 36.8 Å². The molecule has 0 aromatic carbocycles. The van der Waals surface area contributed by atoms with Gasteiger partial charge in [-0.15, -0.1) is 0 Å². The fourth-order valence-corrected chi connectivity index (χ4v) is 3.30. The summed E-state index contributed by atoms with van der Waals surface area (Å²) >= 11 is 0. The standard InChI is InChI=1S/C21H29N5O2/c1-14-9-17-16(24-20(14)25-19(27)10-21(2,3)4)7-6-8-26(17)13-18-22-11-15(28-5)12-23-18/h9,11-12H,6-8,10,13H2,1-5H3,(H,24,25,27). The Morgan fingerprint density at radius 1 is 1.29 bits per heavy atom. The molecular weight excluding hydrogens is 354 g/mol. The van der Waals surface area contributed by atoms with Crippen LogP contribution in [0.5, 0.6) is 5.75 Å². The minimum absolute atomic E-state index is 0.00217. The number of rotatable bonds is 5. The van der Waals surface area contributed by atoms with Gasteiger partial charge in [0.2, 0.25) is 5.91 Å². The average molecular weight is 383 g/mol. The second-order valence-corrected chi connectivity index (χ2v) is 8.47. The van der Waals surface area contributed by atoms with Crippen LogP contribution >= 0.6 is 0 Å². The lowest BCUT2D eigenvalue weighted by atomic mass is 9.92. The predicted molar refractivity (Wildman–Crippen MR) is 110 cm³/mol. The number of amides is 1. The van der Waals surface area contributed by atoms with Crippen LogP contribution in [0.1, 0.15) is 50.7 Å². The number of pyridine rings is 1. The summed E-state index contributed by atoms with van der Waals surface area (Å²) < 4.78 is 5.12. The molecule has 7 nitrogen and oxygen atoms in total. The van der Waals surface area contributed by atoms with Crippen molar-refractivity contribution in [3.8, 4) is 5.75 Å². The summed E-state index contributed by atoms with van der Waals surface area (Å²) in [4.78, 5) is 28.1. The zero-order chi connectivity index (χ0) is 20.3. The second-order valence-electron chi connectivity index (χ2n) is 8.47. The maximum Gasteiger partial charge on any atom is 0.226 e. The van der Waals surface area contributed by atoms with Crippen LogP contribution in [0.3, 0.4) is 0 Å². The van der Waals surface area contributed by atoms with E-state index in [1.165, 1.54) is 0 Å². The van der Waals surface area contributed by atoms with Crippen LogP contribution in [-0.2, 0) is 17.8 Å². The van der Waals surface area contributed by atoms with Gasteiger partial charge in [-0.1, -0.05) is 20.8 Å². The molecule has 28 heavy (non-hydrogen) atoms. The molecule has 1 amide bonds. The Morgan fingerprint density at radius 2 is 2.00 bits per heavy atom. The van der Waals surface area contributed by atoms with E-state index in [1.807, 2.05) is 6.92 Å². The molecule has 0 bridgehead atoms. The first kappa shape index (κ1) is 20.0. The van der Waals surface area contributed by atoms with E-state index in [-0.39, 0.29) is 11.3 Å². The normalized spacial score (nSPS) is 13.8. The maximum atomic E-state index is 12.3. The molecule has 1 N–H and O–H groups in total. The van der Waals surface area contributed by atoms with Gasteiger partial charge in [0, 0.05) is 13.0 Å². The Hall–Kier alpha value is -2.70. The Bertz CT molecular complexity index is 843. The van der Waals surface area contributed by atoms with Crippen molar-refractivity contribution in [2.24, 2.45) is 5.41 Å². The zero-order valence-corrected chi connectivity index (χ0v) is 17.4. The van der Waals surface area contributed by atoms with Gasteiger partial charge < -0.3 is 15.0 Å². The summed E-state index contributed by atoms with van der Waals surface area (Å²) in [6.07, 6.45) is 5.74. The smallest absolute Gasteiger partial charge is 0.226 e. The van der Waals surface area contributed by atoms with E-state index in [2.05, 4.69) is 47.0 Å². The van der Waals surface area contributed by atoms with Gasteiger partial charge in [0.05, 0.1) is 37.4 Å². The summed E-state index contributed by atoms with van der Waals surface area (Å²) in [7, 11) is 1.60. The lowest BCUT2D eigenvalue weighted by Crippen LogP contribution is -2.30. The quantitative estimate of drug-likeness (QED) is 0.851. The molecule has 0 radical (unpaired) electrons. The Morgan fingerprint density at radius 3 is 2.64 bits per heavy atom. The van der Waals surface area contributed by atoms with Crippen molar-refractivity contribution in [3.05, 3.63) is 35.5 Å². The molecule has 0 atom stereocenters. The lowest BCUT2D eigenvalue weighted by Gasteiger charge is -2.31. The highest BCUT2D eigenvalue weighted by Gasteiger charge is 2.22. The Kier molecular flexibility index (Phi) is 5.82. The summed E-state index contributed by atoms with van der Waals surface area (Å²) in [5, 5.41) is 2.99. The highest BCUT2D eigenvalue weighted by molar-refractivity contribution is 5.91. The molecule has 0 unspecified atom stereocenters. The molecule has 2 aromatic rings. The second kappa shape index (κ2) is 8.12. The van der Waals surface area contributed by atoms with E-state index < -0.39 is 0 Å². The number of carbonyl (C=O) groups excluding carboxylic acids is 1. The third-order valence-electron chi connectivity index (χ3n) is 4.65. The molecular formula is C21H29N5O2. The van der Waals surface area contributed by atoms with Gasteiger partial charge in [-0.2, -0.15) is 0 Å². The van der Waals surface area contributed by atoms with Gasteiger partial charge in [-0.25, -0.2) is 15.0 Å². The fraction of sp³-hybridized carbons (Fsp3) is 0.524. The Labute approximate surface area is 166 Å². The summed E-state index contributed by atoms with van der Waals surface area (Å²) in [6, 6.07) is 2.11. The topological polar surface area (TPSA) is 80.2 Å². The highest BCUT2D eigenvalue weighted by atomic mass is 16.5. The average Bonchev–Trinajstić information content (AvgIpc) is 2.62. The molecule has 2 aromatic heterocycles. The van der Waals surface area contributed by atoms with Crippen LogP contribution < -0.4 is 15.0 Å². The number of nitrogens with one attached hydrogen (secondary N) is 1. The molecule has 0 fully saturated rings. The minimum Gasteiger partial charge on any atom is -0.494 e. The van der Waals surface area contributed by atoms with Gasteiger partial charge >= 0.3 is 0 Å². The van der Waals surface area contributed by atoms with Crippen LogP contribution in [0.15, 0.2) is 18.5 Å². The van der Waals surface area contributed by atoms with Crippen molar-refractivity contribution in [2.75, 3.05) is 23.9 Å². The van der Waals surface area contributed by atoms with Gasteiger partial charge in [0.1, 0.15) is 11.6 Å². The van der Waals surface area contributed by atoms with Crippen LogP contribution in [0, 0.1) is 12.3 Å². The first-order valence-corrected chi connectivity index (χ1v) is 9.65. The molecule has 7 heteroatoms. The number of aromatic nitrogens is 3. The summed E-state index contributed by atoms with van der Waals surface area (Å²) in [6.45, 7) is 9.69. The van der Waals surface area contributed by atoms with E-state index in [1.54, 1.807) is 19.5 Å². The number of anilines is 2. The summed E-state index contributed by atoms with van der Waals surface area (Å²) in [5.74, 6) is 2.06. The van der Waals surface area contributed by atoms with Gasteiger partial charge in [-0.3, -0.25) is 4.79 Å². The van der Waals surface area contributed by atoms with E-state index in [9.17, 15) is 4.79 Å². The molecule has 0 spiro atoms. The molecule has 150 valence electrons. The van der Waals surface area contributed by atoms with Crippen LogP contribution in [0.4, 0.5) is 11.5 Å². The van der Waals surface area contributed by atoms with Crippen molar-refractivity contribution in [3.63, 3.8) is 0 Å². The number of fused-ring (bicyclic) bond motifs is 1. The van der Waals surface area contributed by atoms with E-state index in [0.29, 0.717) is 24.5 Å². The number of aryl methyl sites for hydroxylation is 2. The third-order valence-corrected chi connectivity index (χ3v) is 4.65. The van der Waals surface area contributed by atoms with Crippen molar-refractivity contribution >= 4 is 17.4 Å². The molecule has 1 aliphatic rings. The predicted octanol–water partition coefficient (Wildman–Crippen LogP) is 3.52. The number of nitrogens with zero attached hydrogens (tertiary/aromatic N) is 4. The largest absolute Gasteiger partial charge is 0.494 e. The number of hydrogen-bond donors (Lipinski definition) is 1. The van der Waals surface area contributed by atoms with Crippen LogP contribution in [-0.4, -0.2) is 34.5 Å². The van der Waals surface area contributed by atoms with Crippen molar-refractivity contribution in [2.45, 2.75) is 53.5 Å². The molecule has 1 aliphatic heterocycles. The minimum atomic E-state index is -0.0542. The fourth-order valence-electron chi connectivity index (χ4n) is 3.30. The first-order valence-electron chi connectivity index (χ1n) is 9.65. The van der Waals surface area contributed by atoms with E-state index in [4.69, 9.17) is 9.72 Å². The molecule has 3 rings (SSSR count). The van der Waals surface area contributed by atoms with Gasteiger partial charge in [0.25, 0.3) is 0 Å². The Balaban J connectivity index is 1.78. The van der Waals surface area contributed by atoms with Gasteiger partial charge in [0.15, 0.2) is 5.75 Å². The highest BCUT2D eigenvalue weighted by Crippen LogP contribution is 2.31. The van der Waals surface area contributed by atoms with E-state index >= 15 is 0 Å². The number of methoxy groups -OCH3 is 1. The number of hydrogen-bond acceptors (Lipinski definition) is 6. The zero-order valence-electron chi connectivity index (χ0n) is 17.4. The maximum absolute atomic E-state index is 12.3. The third kappa shape index (κ3) is 4.97. The number of carbonyl (C=O) groups is 1. The summed E-state index contributed by atoms with van der Waals surface area (Å²) in [5.41, 5.74) is 3.01.